The zero-order valence-electron chi connectivity index (χ0n) is 17.2. The van der Waals surface area contributed by atoms with Crippen molar-refractivity contribution in [3.05, 3.63) is 23.8 Å². The summed E-state index contributed by atoms with van der Waals surface area (Å²) in [5, 5.41) is 3.31. The summed E-state index contributed by atoms with van der Waals surface area (Å²) in [4.78, 5) is 15.0. The molecule has 4 atom stereocenters. The smallest absolute Gasteiger partial charge is 0.234 e. The molecule has 0 radical (unpaired) electrons. The maximum atomic E-state index is 12.7. The van der Waals surface area contributed by atoms with Crippen LogP contribution in [0.3, 0.4) is 0 Å². The van der Waals surface area contributed by atoms with Gasteiger partial charge in [-0.05, 0) is 43.7 Å². The fourth-order valence-corrected chi connectivity index (χ4v) is 4.68. The van der Waals surface area contributed by atoms with Gasteiger partial charge < -0.3 is 14.8 Å². The summed E-state index contributed by atoms with van der Waals surface area (Å²) in [5.41, 5.74) is 1.14. The van der Waals surface area contributed by atoms with E-state index in [-0.39, 0.29) is 11.9 Å². The number of methoxy groups -OCH3 is 2. The average Bonchev–Trinajstić information content (AvgIpc) is 3.12. The number of likely N-dealkylation sites (tertiary alicyclic amines) is 1. The van der Waals surface area contributed by atoms with Gasteiger partial charge in [-0.25, -0.2) is 0 Å². The highest BCUT2D eigenvalue weighted by Crippen LogP contribution is 2.38. The third-order valence-corrected chi connectivity index (χ3v) is 6.56. The highest BCUT2D eigenvalue weighted by atomic mass is 16.5. The fourth-order valence-electron chi connectivity index (χ4n) is 4.68. The van der Waals surface area contributed by atoms with Crippen LogP contribution in [0.15, 0.2) is 18.2 Å². The van der Waals surface area contributed by atoms with E-state index < -0.39 is 0 Å². The van der Waals surface area contributed by atoms with Crippen LogP contribution in [0.25, 0.3) is 0 Å². The van der Waals surface area contributed by atoms with Crippen molar-refractivity contribution in [2.75, 3.05) is 27.3 Å². The van der Waals surface area contributed by atoms with Crippen LogP contribution >= 0.6 is 0 Å². The van der Waals surface area contributed by atoms with Crippen molar-refractivity contribution in [1.29, 1.82) is 0 Å². The van der Waals surface area contributed by atoms with Gasteiger partial charge in [-0.2, -0.15) is 0 Å². The first-order valence-corrected chi connectivity index (χ1v) is 10.3. The van der Waals surface area contributed by atoms with E-state index >= 15 is 0 Å². The van der Waals surface area contributed by atoms with E-state index in [4.69, 9.17) is 9.47 Å². The summed E-state index contributed by atoms with van der Waals surface area (Å²) in [6.45, 7) is 5.98. The molecule has 2 aliphatic rings. The monoisotopic (exact) mass is 374 g/mol. The van der Waals surface area contributed by atoms with Crippen molar-refractivity contribution in [3.63, 3.8) is 0 Å². The summed E-state index contributed by atoms with van der Waals surface area (Å²) in [7, 11) is 3.35. The van der Waals surface area contributed by atoms with Crippen molar-refractivity contribution in [2.24, 2.45) is 11.8 Å². The molecule has 150 valence electrons. The maximum Gasteiger partial charge on any atom is 0.234 e. The molecule has 1 aromatic rings. The lowest BCUT2D eigenvalue weighted by molar-refractivity contribution is -0.124. The molecule has 1 aromatic carbocycles. The SMILES string of the molecule is COc1ccc(C2CCCN2CC(=O)NC2CCCC(C)C2C)c(OC)c1. The number of nitrogens with zero attached hydrogens (tertiary/aromatic N) is 1. The molecule has 1 heterocycles. The molecule has 27 heavy (non-hydrogen) atoms. The summed E-state index contributed by atoms with van der Waals surface area (Å²) in [5.74, 6) is 3.02. The van der Waals surface area contributed by atoms with Gasteiger partial charge >= 0.3 is 0 Å². The molecule has 2 fully saturated rings. The van der Waals surface area contributed by atoms with Gasteiger partial charge in [0.15, 0.2) is 0 Å². The Morgan fingerprint density at radius 1 is 1.15 bits per heavy atom. The summed E-state index contributed by atoms with van der Waals surface area (Å²) >= 11 is 0. The lowest BCUT2D eigenvalue weighted by Gasteiger charge is -2.35. The third kappa shape index (κ3) is 4.57. The lowest BCUT2D eigenvalue weighted by Crippen LogP contribution is -2.47. The molecule has 0 bridgehead atoms. The minimum atomic E-state index is 0.153. The van der Waals surface area contributed by atoms with Gasteiger partial charge in [0.25, 0.3) is 0 Å². The van der Waals surface area contributed by atoms with Crippen LogP contribution in [0.4, 0.5) is 0 Å². The molecule has 1 aliphatic carbocycles. The zero-order valence-corrected chi connectivity index (χ0v) is 17.2. The van der Waals surface area contributed by atoms with Gasteiger partial charge in [-0.15, -0.1) is 0 Å². The predicted molar refractivity (Wildman–Crippen MR) is 107 cm³/mol. The van der Waals surface area contributed by atoms with Crippen LogP contribution in [0.2, 0.25) is 0 Å². The van der Waals surface area contributed by atoms with Crippen molar-refractivity contribution < 1.29 is 14.3 Å². The third-order valence-electron chi connectivity index (χ3n) is 6.56. The highest BCUT2D eigenvalue weighted by Gasteiger charge is 2.32. The number of ether oxygens (including phenoxy) is 2. The number of hydrogen-bond acceptors (Lipinski definition) is 4. The number of carbonyl (C=O) groups is 1. The molecular formula is C22H34N2O3. The fraction of sp³-hybridized carbons (Fsp3) is 0.682. The second kappa shape index (κ2) is 8.96. The molecular weight excluding hydrogens is 340 g/mol. The van der Waals surface area contributed by atoms with Crippen LogP contribution in [0.5, 0.6) is 11.5 Å². The Hall–Kier alpha value is -1.75. The highest BCUT2D eigenvalue weighted by molar-refractivity contribution is 5.78. The summed E-state index contributed by atoms with van der Waals surface area (Å²) in [6.07, 6.45) is 5.74. The van der Waals surface area contributed by atoms with Crippen LogP contribution in [0.1, 0.15) is 57.6 Å². The van der Waals surface area contributed by atoms with Gasteiger partial charge in [0.1, 0.15) is 11.5 Å². The largest absolute Gasteiger partial charge is 0.497 e. The topological polar surface area (TPSA) is 50.8 Å². The molecule has 4 unspecified atom stereocenters. The number of rotatable bonds is 6. The lowest BCUT2D eigenvalue weighted by atomic mass is 9.78. The Balaban J connectivity index is 1.65. The van der Waals surface area contributed by atoms with Gasteiger partial charge in [0.2, 0.25) is 5.91 Å². The Kier molecular flexibility index (Phi) is 6.64. The molecule has 0 spiro atoms. The first-order valence-electron chi connectivity index (χ1n) is 10.3. The van der Waals surface area contributed by atoms with Gasteiger partial charge in [0, 0.05) is 23.7 Å². The molecule has 1 saturated heterocycles. The Labute approximate surface area is 163 Å². The molecule has 1 aliphatic heterocycles. The van der Waals surface area contributed by atoms with Crippen LogP contribution in [-0.4, -0.2) is 44.2 Å². The minimum Gasteiger partial charge on any atom is -0.497 e. The van der Waals surface area contributed by atoms with E-state index in [0.717, 1.165) is 42.9 Å². The van der Waals surface area contributed by atoms with E-state index in [2.05, 4.69) is 30.1 Å². The van der Waals surface area contributed by atoms with Crippen molar-refractivity contribution in [2.45, 2.75) is 58.0 Å². The Morgan fingerprint density at radius 2 is 1.96 bits per heavy atom. The normalized spacial score (nSPS) is 28.7. The zero-order chi connectivity index (χ0) is 19.4. The molecule has 0 aromatic heterocycles. The summed E-state index contributed by atoms with van der Waals surface area (Å²) < 4.78 is 10.9. The van der Waals surface area contributed by atoms with E-state index in [9.17, 15) is 4.79 Å². The maximum absolute atomic E-state index is 12.7. The molecule has 5 nitrogen and oxygen atoms in total. The van der Waals surface area contributed by atoms with Gasteiger partial charge in [-0.1, -0.05) is 32.8 Å². The minimum absolute atomic E-state index is 0.153. The molecule has 1 saturated carbocycles. The van der Waals surface area contributed by atoms with Gasteiger partial charge in [0.05, 0.1) is 20.8 Å². The van der Waals surface area contributed by atoms with Crippen molar-refractivity contribution >= 4 is 5.91 Å². The number of carbonyl (C=O) groups excluding carboxylic acids is 1. The number of hydrogen-bond donors (Lipinski definition) is 1. The van der Waals surface area contributed by atoms with E-state index in [1.165, 1.54) is 12.8 Å². The Morgan fingerprint density at radius 3 is 2.70 bits per heavy atom. The number of nitrogens with one attached hydrogen (secondary N) is 1. The van der Waals surface area contributed by atoms with E-state index in [1.54, 1.807) is 14.2 Å². The van der Waals surface area contributed by atoms with Crippen LogP contribution in [-0.2, 0) is 4.79 Å². The standard InChI is InChI=1S/C22H34N2O3/c1-15-7-5-8-19(16(15)2)23-22(25)14-24-12-6-9-20(24)18-11-10-17(26-3)13-21(18)27-4/h10-11,13,15-16,19-20H,5-9,12,14H2,1-4H3,(H,23,25). The quantitative estimate of drug-likeness (QED) is 0.823. The second-order valence-corrected chi connectivity index (χ2v) is 8.18. The van der Waals surface area contributed by atoms with Crippen molar-refractivity contribution in [1.82, 2.24) is 10.2 Å². The van der Waals surface area contributed by atoms with Gasteiger partial charge in [-0.3, -0.25) is 9.69 Å². The Bertz CT molecular complexity index is 648. The number of amides is 1. The first kappa shape index (κ1) is 20.0. The second-order valence-electron chi connectivity index (χ2n) is 8.18. The van der Waals surface area contributed by atoms with Crippen LogP contribution in [0, 0.1) is 11.8 Å². The first-order chi connectivity index (χ1) is 13.0. The molecule has 1 N–H and O–H groups in total. The number of benzene rings is 1. The summed E-state index contributed by atoms with van der Waals surface area (Å²) in [6, 6.07) is 6.51. The predicted octanol–water partition coefficient (Wildman–Crippen LogP) is 3.78. The average molecular weight is 375 g/mol. The molecule has 1 amide bonds. The van der Waals surface area contributed by atoms with E-state index in [0.29, 0.717) is 24.4 Å². The molecule has 5 heteroatoms. The van der Waals surface area contributed by atoms with Crippen LogP contribution < -0.4 is 14.8 Å². The molecule has 3 rings (SSSR count). The van der Waals surface area contributed by atoms with E-state index in [1.807, 2.05) is 12.1 Å². The van der Waals surface area contributed by atoms with Crippen molar-refractivity contribution in [3.8, 4) is 11.5 Å².